The molecule has 1 aliphatic heterocycles. The average molecular weight is 607 g/mol. The number of ether oxygens (including phenoxy) is 1. The molecule has 0 bridgehead atoms. The Hall–Kier alpha value is -3.95. The minimum atomic E-state index is -1.08. The monoisotopic (exact) mass is 606 g/mol. The van der Waals surface area contributed by atoms with Gasteiger partial charge in [0.05, 0.1) is 6.04 Å². The molecule has 2 unspecified atom stereocenters. The van der Waals surface area contributed by atoms with E-state index >= 15 is 0 Å². The first-order valence-corrected chi connectivity index (χ1v) is 15.4. The van der Waals surface area contributed by atoms with Crippen LogP contribution in [-0.2, 0) is 36.8 Å². The number of benzene rings is 1. The molecule has 44 heavy (non-hydrogen) atoms. The number of allylic oxidation sites excluding steroid dienone is 1. The van der Waals surface area contributed by atoms with Crippen LogP contribution in [0.5, 0.6) is 0 Å². The van der Waals surface area contributed by atoms with Gasteiger partial charge < -0.3 is 25.6 Å². The maximum atomic E-state index is 14.4. The number of carbonyl (C=O) groups is 5. The number of likely N-dealkylation sites (tertiary alicyclic amines) is 1. The largest absolute Gasteiger partial charge is 0.444 e. The molecule has 2 aliphatic carbocycles. The molecule has 10 nitrogen and oxygen atoms in total. The molecule has 0 radical (unpaired) electrons. The van der Waals surface area contributed by atoms with Crippen molar-refractivity contribution in [3.05, 3.63) is 60.7 Å². The second kappa shape index (κ2) is 13.0. The van der Waals surface area contributed by atoms with Crippen molar-refractivity contribution in [2.45, 2.75) is 84.0 Å². The van der Waals surface area contributed by atoms with Gasteiger partial charge >= 0.3 is 6.09 Å². The molecule has 4 amide bonds. The number of Topliss-reactive ketones (excluding diaryl/α,β-unsaturated/α-hetero) is 1. The fourth-order valence-electron chi connectivity index (χ4n) is 6.86. The van der Waals surface area contributed by atoms with Crippen molar-refractivity contribution in [1.82, 2.24) is 20.9 Å². The zero-order valence-electron chi connectivity index (χ0n) is 26.5. The molecular weight excluding hydrogens is 560 g/mol. The number of nitrogens with one attached hydrogen (secondary N) is 3. The Labute approximate surface area is 260 Å². The number of amides is 4. The molecule has 1 heterocycles. The van der Waals surface area contributed by atoms with Crippen molar-refractivity contribution in [2.75, 3.05) is 13.1 Å². The van der Waals surface area contributed by atoms with E-state index in [-0.39, 0.29) is 42.0 Å². The number of hydrogen-bond donors (Lipinski definition) is 3. The van der Waals surface area contributed by atoms with Gasteiger partial charge in [0, 0.05) is 13.1 Å². The van der Waals surface area contributed by atoms with Crippen LogP contribution in [0.15, 0.2) is 49.6 Å². The Kier molecular flexibility index (Phi) is 9.71. The molecule has 0 spiro atoms. The molecule has 1 saturated heterocycles. The van der Waals surface area contributed by atoms with Crippen molar-refractivity contribution in [3.8, 4) is 0 Å². The summed E-state index contributed by atoms with van der Waals surface area (Å²) in [5.74, 6) is -2.68. The Morgan fingerprint density at radius 1 is 1.05 bits per heavy atom. The Morgan fingerprint density at radius 2 is 1.68 bits per heavy atom. The summed E-state index contributed by atoms with van der Waals surface area (Å²) in [4.78, 5) is 68.5. The molecule has 238 valence electrons. The summed E-state index contributed by atoms with van der Waals surface area (Å²) < 4.78 is 5.53. The molecule has 2 fully saturated rings. The van der Waals surface area contributed by atoms with Crippen molar-refractivity contribution < 1.29 is 28.7 Å². The van der Waals surface area contributed by atoms with Gasteiger partial charge in [-0.15, -0.1) is 13.2 Å². The van der Waals surface area contributed by atoms with Gasteiger partial charge in [-0.1, -0.05) is 50.3 Å². The van der Waals surface area contributed by atoms with Crippen LogP contribution in [0.25, 0.3) is 0 Å². The lowest BCUT2D eigenvalue weighted by molar-refractivity contribution is -0.144. The lowest BCUT2D eigenvalue weighted by Crippen LogP contribution is -2.59. The molecule has 4 rings (SSSR count). The topological polar surface area (TPSA) is 134 Å². The van der Waals surface area contributed by atoms with Gasteiger partial charge in [-0.05, 0) is 80.8 Å². The van der Waals surface area contributed by atoms with Crippen molar-refractivity contribution in [3.63, 3.8) is 0 Å². The van der Waals surface area contributed by atoms with Gasteiger partial charge in [-0.25, -0.2) is 4.79 Å². The third-order valence-electron chi connectivity index (χ3n) is 9.18. The van der Waals surface area contributed by atoms with E-state index in [9.17, 15) is 24.0 Å². The van der Waals surface area contributed by atoms with Crippen LogP contribution in [0.4, 0.5) is 4.79 Å². The van der Waals surface area contributed by atoms with Crippen molar-refractivity contribution >= 4 is 29.6 Å². The van der Waals surface area contributed by atoms with Gasteiger partial charge in [-0.2, -0.15) is 0 Å². The minimum absolute atomic E-state index is 0.0865. The molecule has 3 N–H and O–H groups in total. The standard InChI is InChI=1S/C34H46N4O6/c1-8-10-15-24(28(39)30(41)35-16-9-2)36-29(40)27-25-23(34(25,6)7)19-38(27)31(42)26(37-32(43)44-33(3,4)5)22-17-20-13-11-12-14-21(20)18-22/h8-9,11-14,22-27H,1-2,10,15-19H2,3-7H3,(H,35,41)(H,36,40)(H,37,43)/t23?,24-,25?,26-,27-/m0/s1. The second-order valence-electron chi connectivity index (χ2n) is 13.7. The highest BCUT2D eigenvalue weighted by molar-refractivity contribution is 6.38. The third-order valence-corrected chi connectivity index (χ3v) is 9.18. The van der Waals surface area contributed by atoms with Gasteiger partial charge in [0.25, 0.3) is 5.91 Å². The van der Waals surface area contributed by atoms with Crippen LogP contribution >= 0.6 is 0 Å². The van der Waals surface area contributed by atoms with Gasteiger partial charge in [0.1, 0.15) is 17.7 Å². The number of hydrogen-bond acceptors (Lipinski definition) is 6. The van der Waals surface area contributed by atoms with Crippen LogP contribution < -0.4 is 16.0 Å². The number of carbonyl (C=O) groups excluding carboxylic acids is 5. The first-order valence-electron chi connectivity index (χ1n) is 15.4. The molecular formula is C34H46N4O6. The number of alkyl carbamates (subject to hydrolysis) is 1. The Balaban J connectivity index is 1.59. The third kappa shape index (κ3) is 7.05. The maximum Gasteiger partial charge on any atom is 0.408 e. The summed E-state index contributed by atoms with van der Waals surface area (Å²) in [7, 11) is 0. The normalized spacial score (nSPS) is 22.9. The number of fused-ring (bicyclic) bond motifs is 2. The fourth-order valence-corrected chi connectivity index (χ4v) is 6.86. The summed E-state index contributed by atoms with van der Waals surface area (Å²) in [5.41, 5.74) is 1.31. The highest BCUT2D eigenvalue weighted by atomic mass is 16.6. The van der Waals surface area contributed by atoms with E-state index in [1.165, 1.54) is 6.08 Å². The van der Waals surface area contributed by atoms with Crippen LogP contribution in [-0.4, -0.2) is 71.3 Å². The highest BCUT2D eigenvalue weighted by Crippen LogP contribution is 2.65. The predicted molar refractivity (Wildman–Crippen MR) is 166 cm³/mol. The Morgan fingerprint density at radius 3 is 2.25 bits per heavy atom. The van der Waals surface area contributed by atoms with E-state index in [0.29, 0.717) is 25.8 Å². The Bertz CT molecular complexity index is 1310. The summed E-state index contributed by atoms with van der Waals surface area (Å²) in [6.45, 7) is 17.1. The zero-order valence-corrected chi connectivity index (χ0v) is 26.5. The molecule has 10 heteroatoms. The molecule has 0 aromatic heterocycles. The number of piperidine rings is 1. The summed E-state index contributed by atoms with van der Waals surface area (Å²) in [5, 5.41) is 8.12. The molecule has 1 aromatic carbocycles. The smallest absolute Gasteiger partial charge is 0.408 e. The average Bonchev–Trinajstić information content (AvgIpc) is 3.33. The minimum Gasteiger partial charge on any atom is -0.444 e. The van der Waals surface area contributed by atoms with Crippen LogP contribution in [0.1, 0.15) is 58.6 Å². The van der Waals surface area contributed by atoms with Gasteiger partial charge in [0.2, 0.25) is 17.6 Å². The van der Waals surface area contributed by atoms with E-state index < -0.39 is 47.4 Å². The summed E-state index contributed by atoms with van der Waals surface area (Å²) in [6, 6.07) is 5.11. The number of ketones is 1. The molecule has 1 aromatic rings. The van der Waals surface area contributed by atoms with Crippen LogP contribution in [0.2, 0.25) is 0 Å². The highest BCUT2D eigenvalue weighted by Gasteiger charge is 2.69. The van der Waals surface area contributed by atoms with Crippen molar-refractivity contribution in [1.29, 1.82) is 0 Å². The SMILES string of the molecule is C=CCC[C@H](NC(=O)[C@@H]1C2C(CN1C(=O)[C@@H](NC(=O)OC(C)(C)C)C1Cc3ccccc3C1)C2(C)C)C(=O)C(=O)NCC=C. The van der Waals surface area contributed by atoms with Crippen LogP contribution in [0, 0.1) is 23.2 Å². The lowest BCUT2D eigenvalue weighted by atomic mass is 9.93. The van der Waals surface area contributed by atoms with E-state index in [1.54, 1.807) is 31.7 Å². The summed E-state index contributed by atoms with van der Waals surface area (Å²) in [6.07, 6.45) is 4.18. The first-order chi connectivity index (χ1) is 20.7. The van der Waals surface area contributed by atoms with Gasteiger partial charge in [0.15, 0.2) is 0 Å². The van der Waals surface area contributed by atoms with E-state index in [2.05, 4.69) is 43.0 Å². The number of rotatable bonds is 12. The predicted octanol–water partition coefficient (Wildman–Crippen LogP) is 3.10. The molecule has 1 saturated carbocycles. The molecule has 5 atom stereocenters. The van der Waals surface area contributed by atoms with Crippen LogP contribution in [0.3, 0.4) is 0 Å². The first kappa shape index (κ1) is 33.0. The van der Waals surface area contributed by atoms with E-state index in [0.717, 1.165) is 11.1 Å². The second-order valence-corrected chi connectivity index (χ2v) is 13.7. The zero-order chi connectivity index (χ0) is 32.4. The van der Waals surface area contributed by atoms with Gasteiger partial charge in [-0.3, -0.25) is 19.2 Å². The lowest BCUT2D eigenvalue weighted by Gasteiger charge is -2.35. The maximum absolute atomic E-state index is 14.4. The fraction of sp³-hybridized carbons (Fsp3) is 0.559. The summed E-state index contributed by atoms with van der Waals surface area (Å²) >= 11 is 0. The van der Waals surface area contributed by atoms with E-state index in [4.69, 9.17) is 4.74 Å². The van der Waals surface area contributed by atoms with E-state index in [1.807, 2.05) is 24.3 Å². The van der Waals surface area contributed by atoms with Crippen molar-refractivity contribution in [2.24, 2.45) is 23.2 Å². The number of nitrogens with zero attached hydrogens (tertiary/aromatic N) is 1. The quantitative estimate of drug-likeness (QED) is 0.247. The molecule has 3 aliphatic rings.